The Balaban J connectivity index is 1.91. The third-order valence-electron chi connectivity index (χ3n) is 3.77. The lowest BCUT2D eigenvalue weighted by Crippen LogP contribution is -2.48. The molecule has 2 nitrogen and oxygen atoms in total. The largest absolute Gasteiger partial charge is 0.327 e. The second-order valence-corrected chi connectivity index (χ2v) is 4.87. The van der Waals surface area contributed by atoms with Crippen molar-refractivity contribution >= 4 is 0 Å². The lowest BCUT2D eigenvalue weighted by Gasteiger charge is -2.37. The summed E-state index contributed by atoms with van der Waals surface area (Å²) in [4.78, 5) is 2.64. The van der Waals surface area contributed by atoms with Crippen molar-refractivity contribution in [1.29, 1.82) is 0 Å². The molecule has 0 aromatic rings. The first-order valence-electron chi connectivity index (χ1n) is 5.77. The van der Waals surface area contributed by atoms with Crippen LogP contribution in [0.4, 0.5) is 0 Å². The second-order valence-electron chi connectivity index (χ2n) is 4.87. The van der Waals surface area contributed by atoms with E-state index in [4.69, 9.17) is 5.73 Å². The Labute approximate surface area is 81.5 Å². The van der Waals surface area contributed by atoms with Gasteiger partial charge in [0.1, 0.15) is 0 Å². The van der Waals surface area contributed by atoms with Gasteiger partial charge in [0.15, 0.2) is 0 Å². The molecule has 0 aromatic heterocycles. The van der Waals surface area contributed by atoms with E-state index in [-0.39, 0.29) is 0 Å². The van der Waals surface area contributed by atoms with Crippen LogP contribution in [0.2, 0.25) is 0 Å². The van der Waals surface area contributed by atoms with Crippen molar-refractivity contribution in [1.82, 2.24) is 4.90 Å². The van der Waals surface area contributed by atoms with E-state index in [0.29, 0.717) is 6.04 Å². The van der Waals surface area contributed by atoms with Crippen LogP contribution in [-0.2, 0) is 0 Å². The zero-order valence-corrected chi connectivity index (χ0v) is 8.71. The molecule has 0 amide bonds. The van der Waals surface area contributed by atoms with Crippen molar-refractivity contribution in [2.75, 3.05) is 13.1 Å². The lowest BCUT2D eigenvalue weighted by atomic mass is 9.99. The third-order valence-corrected chi connectivity index (χ3v) is 3.77. The number of hydrogen-bond donors (Lipinski definition) is 1. The predicted octanol–water partition coefficient (Wildman–Crippen LogP) is 1.60. The normalized spacial score (nSPS) is 42.5. The third kappa shape index (κ3) is 2.05. The molecule has 0 radical (unpaired) electrons. The minimum Gasteiger partial charge on any atom is -0.327 e. The molecule has 76 valence electrons. The van der Waals surface area contributed by atoms with E-state index in [1.54, 1.807) is 0 Å². The zero-order valence-electron chi connectivity index (χ0n) is 8.71. The highest BCUT2D eigenvalue weighted by Gasteiger charge is 2.31. The Morgan fingerprint density at radius 1 is 1.15 bits per heavy atom. The van der Waals surface area contributed by atoms with E-state index in [0.717, 1.165) is 18.5 Å². The molecule has 3 unspecified atom stereocenters. The molecule has 1 heterocycles. The van der Waals surface area contributed by atoms with Gasteiger partial charge in [-0.05, 0) is 38.1 Å². The van der Waals surface area contributed by atoms with Crippen molar-refractivity contribution in [3.63, 3.8) is 0 Å². The van der Waals surface area contributed by atoms with E-state index in [9.17, 15) is 0 Å². The van der Waals surface area contributed by atoms with Crippen LogP contribution in [0.25, 0.3) is 0 Å². The smallest absolute Gasteiger partial charge is 0.0168 e. The topological polar surface area (TPSA) is 29.3 Å². The Kier molecular flexibility index (Phi) is 2.89. The molecule has 2 N–H and O–H groups in total. The van der Waals surface area contributed by atoms with Crippen LogP contribution in [-0.4, -0.2) is 30.1 Å². The molecule has 3 atom stereocenters. The standard InChI is InChI=1S/C11H22N2/c1-9-4-2-6-11(9)13-7-3-5-10(12)8-13/h9-11H,2-8,12H2,1H3. The highest BCUT2D eigenvalue weighted by atomic mass is 15.2. The van der Waals surface area contributed by atoms with Gasteiger partial charge in [0, 0.05) is 18.6 Å². The number of nitrogens with zero attached hydrogens (tertiary/aromatic N) is 1. The minimum absolute atomic E-state index is 0.446. The molecule has 2 heteroatoms. The monoisotopic (exact) mass is 182 g/mol. The molecule has 2 rings (SSSR count). The average molecular weight is 182 g/mol. The molecule has 1 saturated heterocycles. The summed E-state index contributed by atoms with van der Waals surface area (Å²) in [5.74, 6) is 0.908. The van der Waals surface area contributed by atoms with Gasteiger partial charge in [-0.15, -0.1) is 0 Å². The van der Waals surface area contributed by atoms with Crippen LogP contribution in [0.3, 0.4) is 0 Å². The fourth-order valence-electron chi connectivity index (χ4n) is 3.01. The van der Waals surface area contributed by atoms with E-state index in [1.165, 1.54) is 38.6 Å². The quantitative estimate of drug-likeness (QED) is 0.667. The van der Waals surface area contributed by atoms with Crippen LogP contribution in [0.15, 0.2) is 0 Å². The Morgan fingerprint density at radius 2 is 2.00 bits per heavy atom. The molecule has 1 aliphatic heterocycles. The number of piperidine rings is 1. The van der Waals surface area contributed by atoms with Crippen molar-refractivity contribution in [3.05, 3.63) is 0 Å². The highest BCUT2D eigenvalue weighted by Crippen LogP contribution is 2.30. The first-order valence-corrected chi connectivity index (χ1v) is 5.77. The summed E-state index contributed by atoms with van der Waals surface area (Å²) in [6.45, 7) is 4.84. The number of likely N-dealkylation sites (tertiary alicyclic amines) is 1. The number of nitrogens with two attached hydrogens (primary N) is 1. The van der Waals surface area contributed by atoms with Gasteiger partial charge in [0.05, 0.1) is 0 Å². The van der Waals surface area contributed by atoms with Crippen molar-refractivity contribution < 1.29 is 0 Å². The molecule has 2 fully saturated rings. The molecule has 1 aliphatic carbocycles. The van der Waals surface area contributed by atoms with Crippen LogP contribution < -0.4 is 5.73 Å². The van der Waals surface area contributed by atoms with Gasteiger partial charge in [-0.1, -0.05) is 13.3 Å². The molecule has 1 saturated carbocycles. The number of rotatable bonds is 1. The van der Waals surface area contributed by atoms with Crippen molar-refractivity contribution in [2.24, 2.45) is 11.7 Å². The van der Waals surface area contributed by atoms with E-state index >= 15 is 0 Å². The molecule has 0 spiro atoms. The molecule has 2 aliphatic rings. The second kappa shape index (κ2) is 3.97. The molecule has 13 heavy (non-hydrogen) atoms. The molecule has 0 aromatic carbocycles. The van der Waals surface area contributed by atoms with Crippen LogP contribution >= 0.6 is 0 Å². The Morgan fingerprint density at radius 3 is 2.62 bits per heavy atom. The SMILES string of the molecule is CC1CCCC1N1CCCC(N)C1. The van der Waals surface area contributed by atoms with Crippen LogP contribution in [0.1, 0.15) is 39.0 Å². The van der Waals surface area contributed by atoms with Crippen LogP contribution in [0, 0.1) is 5.92 Å². The first kappa shape index (κ1) is 9.47. The molecule has 0 bridgehead atoms. The Hall–Kier alpha value is -0.0800. The Bertz CT molecular complexity index is 169. The summed E-state index contributed by atoms with van der Waals surface area (Å²) in [5, 5.41) is 0. The van der Waals surface area contributed by atoms with E-state index < -0.39 is 0 Å². The van der Waals surface area contributed by atoms with Gasteiger partial charge in [-0.2, -0.15) is 0 Å². The fourth-order valence-corrected chi connectivity index (χ4v) is 3.01. The summed E-state index contributed by atoms with van der Waals surface area (Å²) in [5.41, 5.74) is 6.00. The fraction of sp³-hybridized carbons (Fsp3) is 1.00. The maximum atomic E-state index is 6.00. The highest BCUT2D eigenvalue weighted by molar-refractivity contribution is 4.87. The minimum atomic E-state index is 0.446. The maximum Gasteiger partial charge on any atom is 0.0168 e. The summed E-state index contributed by atoms with van der Waals surface area (Å²) in [7, 11) is 0. The molecular formula is C11H22N2. The predicted molar refractivity (Wildman–Crippen MR) is 55.6 cm³/mol. The average Bonchev–Trinajstić information content (AvgIpc) is 2.51. The maximum absolute atomic E-state index is 6.00. The van der Waals surface area contributed by atoms with Crippen molar-refractivity contribution in [2.45, 2.75) is 51.1 Å². The van der Waals surface area contributed by atoms with E-state index in [2.05, 4.69) is 11.8 Å². The summed E-state index contributed by atoms with van der Waals surface area (Å²) in [6.07, 6.45) is 6.81. The summed E-state index contributed by atoms with van der Waals surface area (Å²) >= 11 is 0. The summed E-state index contributed by atoms with van der Waals surface area (Å²) in [6, 6.07) is 1.30. The van der Waals surface area contributed by atoms with Gasteiger partial charge in [-0.3, -0.25) is 4.90 Å². The van der Waals surface area contributed by atoms with Gasteiger partial charge >= 0.3 is 0 Å². The van der Waals surface area contributed by atoms with Gasteiger partial charge in [-0.25, -0.2) is 0 Å². The molecular weight excluding hydrogens is 160 g/mol. The van der Waals surface area contributed by atoms with Gasteiger partial charge < -0.3 is 5.73 Å². The van der Waals surface area contributed by atoms with Crippen molar-refractivity contribution in [3.8, 4) is 0 Å². The first-order chi connectivity index (χ1) is 6.27. The van der Waals surface area contributed by atoms with Gasteiger partial charge in [0.25, 0.3) is 0 Å². The lowest BCUT2D eigenvalue weighted by molar-refractivity contribution is 0.127. The zero-order chi connectivity index (χ0) is 9.26. The van der Waals surface area contributed by atoms with Crippen LogP contribution in [0.5, 0.6) is 0 Å². The van der Waals surface area contributed by atoms with Gasteiger partial charge in [0.2, 0.25) is 0 Å². The number of hydrogen-bond acceptors (Lipinski definition) is 2. The van der Waals surface area contributed by atoms with E-state index in [1.807, 2.05) is 0 Å². The summed E-state index contributed by atoms with van der Waals surface area (Å²) < 4.78 is 0.